The van der Waals surface area contributed by atoms with Crippen molar-refractivity contribution < 1.29 is 30.0 Å². The number of fused-ring (bicyclic) bond motifs is 1. The van der Waals surface area contributed by atoms with Crippen LogP contribution in [0.15, 0.2) is 72.6 Å². The zero-order valence-corrected chi connectivity index (χ0v) is 24.1. The van der Waals surface area contributed by atoms with E-state index in [-0.39, 0.29) is 45.2 Å². The molecule has 4 aromatic rings. The molecular weight excluding hydrogens is 659 g/mol. The van der Waals surface area contributed by atoms with Gasteiger partial charge in [-0.1, -0.05) is 81.0 Å². The molecule has 4 heteroatoms. The van der Waals surface area contributed by atoms with Crippen molar-refractivity contribution in [2.45, 2.75) is 71.6 Å². The Kier molecular flexibility index (Phi) is 9.75. The fourth-order valence-electron chi connectivity index (χ4n) is 6.49. The summed E-state index contributed by atoms with van der Waals surface area (Å²) in [5.74, 6) is 0.991. The van der Waals surface area contributed by atoms with Crippen LogP contribution in [0.1, 0.15) is 69.9 Å². The van der Waals surface area contributed by atoms with Gasteiger partial charge in [0.05, 0.1) is 5.76 Å². The quantitative estimate of drug-likeness (QED) is 0.132. The largest absolute Gasteiger partial charge is 0.512 e. The van der Waals surface area contributed by atoms with Gasteiger partial charge in [-0.15, -0.1) is 29.1 Å². The van der Waals surface area contributed by atoms with E-state index in [0.29, 0.717) is 5.76 Å². The number of aromatic nitrogens is 1. The van der Waals surface area contributed by atoms with Gasteiger partial charge < -0.3 is 10.1 Å². The standard InChI is InChI=1S/C21H14N.C13H20O2.CH4.Ir/c1-2-8-17-14(5-1)6-3-9-18(17)21-19-10-4-7-15-11-12-16(13-22-21)20(15)19;14-12(10-5-1-2-6-10)9-13(15)11-7-3-4-8-11;;/h1-8,10,13H,11-12H2;9-11,14H,1-8H2;1H4;/q-1;;;. The molecule has 2 saturated carbocycles. The molecule has 2 fully saturated rings. The number of benzene rings is 3. The Bertz CT molecular complexity index is 1460. The summed E-state index contributed by atoms with van der Waals surface area (Å²) in [5, 5.41) is 15.0. The molecule has 0 saturated heterocycles. The van der Waals surface area contributed by atoms with E-state index in [1.54, 1.807) is 0 Å². The van der Waals surface area contributed by atoms with Crippen LogP contribution < -0.4 is 0 Å². The molecule has 39 heavy (non-hydrogen) atoms. The number of allylic oxidation sites excluding steroid dienone is 2. The second kappa shape index (κ2) is 13.0. The number of aryl methyl sites for hydroxylation is 2. The summed E-state index contributed by atoms with van der Waals surface area (Å²) in [6.07, 6.45) is 14.7. The Morgan fingerprint density at radius 3 is 2.28 bits per heavy atom. The van der Waals surface area contributed by atoms with Crippen molar-refractivity contribution in [2.75, 3.05) is 0 Å². The number of rotatable bonds is 4. The second-order valence-corrected chi connectivity index (χ2v) is 10.8. The third-order valence-corrected chi connectivity index (χ3v) is 8.52. The SMILES string of the molecule is C.O=C(C=C(O)C1CCCC1)C1CCCC1.[Ir].[c-]1ccc2ccccc2c1-c1ncc2c3c(cccc13)CC2. The van der Waals surface area contributed by atoms with Crippen LogP contribution in [0.5, 0.6) is 0 Å². The molecule has 3 aliphatic rings. The van der Waals surface area contributed by atoms with E-state index in [2.05, 4.69) is 60.8 Å². The van der Waals surface area contributed by atoms with Gasteiger partial charge in [0.1, 0.15) is 0 Å². The molecule has 7 rings (SSSR count). The maximum absolute atomic E-state index is 11.8. The molecule has 0 unspecified atom stereocenters. The van der Waals surface area contributed by atoms with Crippen LogP contribution in [0.2, 0.25) is 0 Å². The van der Waals surface area contributed by atoms with Crippen molar-refractivity contribution in [1.82, 2.24) is 4.98 Å². The van der Waals surface area contributed by atoms with Crippen molar-refractivity contribution in [1.29, 1.82) is 0 Å². The minimum atomic E-state index is 0. The molecule has 0 aliphatic heterocycles. The predicted octanol–water partition coefficient (Wildman–Crippen LogP) is 8.97. The van der Waals surface area contributed by atoms with Crippen LogP contribution >= 0.6 is 0 Å². The third-order valence-electron chi connectivity index (χ3n) is 8.52. The Morgan fingerprint density at radius 2 is 1.51 bits per heavy atom. The Labute approximate surface area is 246 Å². The first-order chi connectivity index (χ1) is 18.2. The summed E-state index contributed by atoms with van der Waals surface area (Å²) in [6.45, 7) is 0. The molecule has 3 aromatic carbocycles. The van der Waals surface area contributed by atoms with Crippen LogP contribution in [-0.2, 0) is 37.7 Å². The molecule has 0 atom stereocenters. The van der Waals surface area contributed by atoms with Crippen LogP contribution in [-0.4, -0.2) is 15.9 Å². The molecule has 3 aliphatic carbocycles. The van der Waals surface area contributed by atoms with Gasteiger partial charge in [0.15, 0.2) is 5.78 Å². The Balaban J connectivity index is 0.000000184. The van der Waals surface area contributed by atoms with Gasteiger partial charge in [-0.05, 0) is 66.1 Å². The number of hydrogen-bond donors (Lipinski definition) is 1. The summed E-state index contributed by atoms with van der Waals surface area (Å²) in [5.41, 5.74) is 5.00. The van der Waals surface area contributed by atoms with E-state index in [4.69, 9.17) is 4.98 Å². The van der Waals surface area contributed by atoms with E-state index in [1.807, 2.05) is 6.07 Å². The molecule has 0 bridgehead atoms. The summed E-state index contributed by atoms with van der Waals surface area (Å²) < 4.78 is 0. The maximum atomic E-state index is 11.8. The predicted molar refractivity (Wildman–Crippen MR) is 157 cm³/mol. The number of aliphatic hydroxyl groups is 1. The number of carbonyl (C=O) groups is 1. The molecule has 0 amide bonds. The molecule has 1 N–H and O–H groups in total. The number of nitrogens with zero attached hydrogens (tertiary/aromatic N) is 1. The first-order valence-corrected chi connectivity index (χ1v) is 13.9. The Hall–Kier alpha value is -2.81. The van der Waals surface area contributed by atoms with Crippen LogP contribution in [0.4, 0.5) is 0 Å². The maximum Gasteiger partial charge on any atom is 0.162 e. The van der Waals surface area contributed by atoms with E-state index in [1.165, 1.54) is 64.4 Å². The van der Waals surface area contributed by atoms with Crippen LogP contribution in [0.25, 0.3) is 32.8 Å². The topological polar surface area (TPSA) is 50.2 Å². The summed E-state index contributed by atoms with van der Waals surface area (Å²) in [6, 6.07) is 22.6. The summed E-state index contributed by atoms with van der Waals surface area (Å²) in [4.78, 5) is 16.6. The van der Waals surface area contributed by atoms with Crippen molar-refractivity contribution >= 4 is 27.3 Å². The summed E-state index contributed by atoms with van der Waals surface area (Å²) in [7, 11) is 0. The van der Waals surface area contributed by atoms with Gasteiger partial charge in [0.2, 0.25) is 0 Å². The van der Waals surface area contributed by atoms with Gasteiger partial charge in [0, 0.05) is 44.2 Å². The zero-order chi connectivity index (χ0) is 25.2. The van der Waals surface area contributed by atoms with Gasteiger partial charge in [-0.25, -0.2) is 0 Å². The molecule has 205 valence electrons. The molecular formula is C35H38IrNO2-. The van der Waals surface area contributed by atoms with Gasteiger partial charge in [-0.2, -0.15) is 0 Å². The van der Waals surface area contributed by atoms with E-state index in [9.17, 15) is 9.90 Å². The van der Waals surface area contributed by atoms with Gasteiger partial charge in [-0.3, -0.25) is 4.79 Å². The van der Waals surface area contributed by atoms with Crippen molar-refractivity contribution in [3.05, 3.63) is 89.8 Å². The van der Waals surface area contributed by atoms with E-state index in [0.717, 1.165) is 49.8 Å². The average Bonchev–Trinajstić information content (AvgIpc) is 3.73. The second-order valence-electron chi connectivity index (χ2n) is 10.8. The van der Waals surface area contributed by atoms with Crippen LogP contribution in [0, 0.1) is 17.9 Å². The monoisotopic (exact) mass is 697 g/mol. The molecule has 1 radical (unpaired) electrons. The minimum Gasteiger partial charge on any atom is -0.512 e. The number of carbonyl (C=O) groups excluding carboxylic acids is 1. The molecule has 1 heterocycles. The average molecular weight is 697 g/mol. The smallest absolute Gasteiger partial charge is 0.162 e. The van der Waals surface area contributed by atoms with Gasteiger partial charge in [0.25, 0.3) is 0 Å². The number of aliphatic hydroxyl groups excluding tert-OH is 1. The van der Waals surface area contributed by atoms with Crippen molar-refractivity contribution in [3.63, 3.8) is 0 Å². The molecule has 3 nitrogen and oxygen atoms in total. The first-order valence-electron chi connectivity index (χ1n) is 13.9. The van der Waals surface area contributed by atoms with Gasteiger partial charge >= 0.3 is 0 Å². The summed E-state index contributed by atoms with van der Waals surface area (Å²) >= 11 is 0. The number of hydrogen-bond acceptors (Lipinski definition) is 3. The van der Waals surface area contributed by atoms with Crippen molar-refractivity contribution in [2.24, 2.45) is 11.8 Å². The number of ketones is 1. The minimum absolute atomic E-state index is 0. The van der Waals surface area contributed by atoms with Crippen LogP contribution in [0.3, 0.4) is 0 Å². The van der Waals surface area contributed by atoms with Crippen molar-refractivity contribution in [3.8, 4) is 11.3 Å². The number of pyridine rings is 1. The fraction of sp³-hybridized carbons (Fsp3) is 0.371. The van der Waals surface area contributed by atoms with E-state index >= 15 is 0 Å². The normalized spacial score (nSPS) is 17.0. The third kappa shape index (κ3) is 6.03. The Morgan fingerprint density at radius 1 is 0.846 bits per heavy atom. The zero-order valence-electron chi connectivity index (χ0n) is 21.7. The molecule has 1 aromatic heterocycles. The van der Waals surface area contributed by atoms with E-state index < -0.39 is 0 Å². The first kappa shape index (κ1) is 29.2. The molecule has 0 spiro atoms. The fourth-order valence-corrected chi connectivity index (χ4v) is 6.49.